The molecule has 1 aliphatic carbocycles. The highest BCUT2D eigenvalue weighted by Gasteiger charge is 2.53. The summed E-state index contributed by atoms with van der Waals surface area (Å²) in [6, 6.07) is 0.133. The van der Waals surface area contributed by atoms with Crippen LogP contribution in [0.3, 0.4) is 0 Å². The first kappa shape index (κ1) is 11.2. The van der Waals surface area contributed by atoms with E-state index in [9.17, 15) is 5.11 Å². The molecule has 3 N–H and O–H groups in total. The van der Waals surface area contributed by atoms with Crippen molar-refractivity contribution in [3.63, 3.8) is 0 Å². The van der Waals surface area contributed by atoms with Gasteiger partial charge >= 0.3 is 0 Å². The topological polar surface area (TPSA) is 58.6 Å². The molecule has 0 aromatic heterocycles. The minimum Gasteiger partial charge on any atom is -0.385 e. The summed E-state index contributed by atoms with van der Waals surface area (Å²) in [6.07, 6.45) is 2.74. The zero-order valence-corrected chi connectivity index (χ0v) is 10.0. The molecule has 0 aromatic rings. The molecule has 4 unspecified atom stereocenters. The fraction of sp³-hybridized carbons (Fsp3) is 0.909. The van der Waals surface area contributed by atoms with Crippen molar-refractivity contribution < 1.29 is 5.11 Å². The number of alkyl halides is 1. The fourth-order valence-electron chi connectivity index (χ4n) is 2.95. The largest absolute Gasteiger partial charge is 0.385 e. The molecule has 0 amide bonds. The van der Waals surface area contributed by atoms with E-state index in [0.29, 0.717) is 5.84 Å². The highest BCUT2D eigenvalue weighted by atomic mass is 35.5. The molecule has 86 valence electrons. The SMILES string of the molecule is CC(C)C1(O)C(N)=NC2CC(Cl)CCC21. The van der Waals surface area contributed by atoms with Crippen LogP contribution >= 0.6 is 11.6 Å². The van der Waals surface area contributed by atoms with E-state index in [4.69, 9.17) is 17.3 Å². The molecule has 0 aromatic carbocycles. The molecule has 0 bridgehead atoms. The predicted molar refractivity (Wildman–Crippen MR) is 62.2 cm³/mol. The fourth-order valence-corrected chi connectivity index (χ4v) is 3.26. The molecule has 0 saturated heterocycles. The van der Waals surface area contributed by atoms with Gasteiger partial charge in [0.1, 0.15) is 11.4 Å². The van der Waals surface area contributed by atoms with Crippen molar-refractivity contribution in [2.45, 2.75) is 50.1 Å². The number of halogens is 1. The van der Waals surface area contributed by atoms with Crippen molar-refractivity contribution in [1.29, 1.82) is 0 Å². The van der Waals surface area contributed by atoms with Crippen molar-refractivity contribution in [1.82, 2.24) is 0 Å². The van der Waals surface area contributed by atoms with E-state index in [0.717, 1.165) is 19.3 Å². The summed E-state index contributed by atoms with van der Waals surface area (Å²) in [5.41, 5.74) is 4.98. The summed E-state index contributed by atoms with van der Waals surface area (Å²) in [5.74, 6) is 0.703. The maximum absolute atomic E-state index is 10.6. The third-order valence-corrected chi connectivity index (χ3v) is 4.31. The van der Waals surface area contributed by atoms with Crippen LogP contribution in [0, 0.1) is 11.8 Å². The molecule has 15 heavy (non-hydrogen) atoms. The Labute approximate surface area is 95.7 Å². The number of rotatable bonds is 1. The Morgan fingerprint density at radius 2 is 2.20 bits per heavy atom. The quantitative estimate of drug-likeness (QED) is 0.671. The molecule has 1 heterocycles. The van der Waals surface area contributed by atoms with Crippen LogP contribution in [0.1, 0.15) is 33.1 Å². The number of amidine groups is 1. The number of hydrogen-bond acceptors (Lipinski definition) is 3. The molecule has 0 spiro atoms. The molecule has 2 aliphatic rings. The molecule has 0 radical (unpaired) electrons. The van der Waals surface area contributed by atoms with Gasteiger partial charge in [0.25, 0.3) is 0 Å². The lowest BCUT2D eigenvalue weighted by Crippen LogP contribution is -2.53. The second-order valence-electron chi connectivity index (χ2n) is 5.08. The molecule has 2 rings (SSSR count). The van der Waals surface area contributed by atoms with Crippen LogP contribution in [0.25, 0.3) is 0 Å². The van der Waals surface area contributed by atoms with Gasteiger partial charge in [-0.15, -0.1) is 11.6 Å². The Bertz CT molecular complexity index is 292. The van der Waals surface area contributed by atoms with Gasteiger partial charge in [-0.25, -0.2) is 0 Å². The average Bonchev–Trinajstić information content (AvgIpc) is 2.39. The lowest BCUT2D eigenvalue weighted by molar-refractivity contribution is -0.00419. The molecule has 4 atom stereocenters. The highest BCUT2D eigenvalue weighted by molar-refractivity contribution is 6.20. The van der Waals surface area contributed by atoms with E-state index in [1.54, 1.807) is 0 Å². The number of nitrogens with two attached hydrogens (primary N) is 1. The molecular formula is C11H19ClN2O. The third kappa shape index (κ3) is 1.56. The van der Waals surface area contributed by atoms with Gasteiger partial charge in [-0.1, -0.05) is 13.8 Å². The summed E-state index contributed by atoms with van der Waals surface area (Å²) in [5, 5.41) is 10.8. The van der Waals surface area contributed by atoms with E-state index in [2.05, 4.69) is 4.99 Å². The number of nitrogens with zero attached hydrogens (tertiary/aromatic N) is 1. The van der Waals surface area contributed by atoms with Gasteiger partial charge in [0.15, 0.2) is 0 Å². The minimum absolute atomic E-state index is 0.114. The van der Waals surface area contributed by atoms with Crippen LogP contribution in [0.15, 0.2) is 4.99 Å². The van der Waals surface area contributed by atoms with Gasteiger partial charge in [-0.2, -0.15) is 0 Å². The monoisotopic (exact) mass is 230 g/mol. The first-order valence-corrected chi connectivity index (χ1v) is 6.10. The third-order valence-electron chi connectivity index (χ3n) is 3.91. The first-order valence-electron chi connectivity index (χ1n) is 5.66. The first-order chi connectivity index (χ1) is 6.96. The summed E-state index contributed by atoms with van der Waals surface area (Å²) >= 11 is 6.11. The number of aliphatic hydroxyl groups is 1. The molecule has 1 saturated carbocycles. The van der Waals surface area contributed by atoms with Gasteiger partial charge in [0.05, 0.1) is 6.04 Å². The highest BCUT2D eigenvalue weighted by Crippen LogP contribution is 2.44. The number of fused-ring (bicyclic) bond motifs is 1. The van der Waals surface area contributed by atoms with Crippen LogP contribution in [0.2, 0.25) is 0 Å². The van der Waals surface area contributed by atoms with Crippen molar-refractivity contribution in [3.8, 4) is 0 Å². The standard InChI is InChI=1S/C11H19ClN2O/c1-6(2)11(15)8-4-3-7(12)5-9(8)14-10(11)13/h6-9,15H,3-5H2,1-2H3,(H2,13,14). The van der Waals surface area contributed by atoms with Gasteiger partial charge < -0.3 is 10.8 Å². The van der Waals surface area contributed by atoms with Crippen LogP contribution in [0.4, 0.5) is 0 Å². The normalized spacial score (nSPS) is 45.4. The van der Waals surface area contributed by atoms with Crippen molar-refractivity contribution in [2.75, 3.05) is 0 Å². The lowest BCUT2D eigenvalue weighted by Gasteiger charge is -2.38. The number of aliphatic imine (C=N–C) groups is 1. The lowest BCUT2D eigenvalue weighted by atomic mass is 9.71. The van der Waals surface area contributed by atoms with E-state index >= 15 is 0 Å². The predicted octanol–water partition coefficient (Wildman–Crippen LogP) is 1.52. The summed E-state index contributed by atoms with van der Waals surface area (Å²) in [4.78, 5) is 4.40. The van der Waals surface area contributed by atoms with Crippen molar-refractivity contribution >= 4 is 17.4 Å². The zero-order valence-electron chi connectivity index (χ0n) is 9.28. The Kier molecular flexibility index (Phi) is 2.72. The zero-order chi connectivity index (χ0) is 11.2. The average molecular weight is 231 g/mol. The van der Waals surface area contributed by atoms with Crippen molar-refractivity contribution in [3.05, 3.63) is 0 Å². The van der Waals surface area contributed by atoms with E-state index in [1.807, 2.05) is 13.8 Å². The molecule has 1 fully saturated rings. The van der Waals surface area contributed by atoms with Gasteiger partial charge in [0.2, 0.25) is 0 Å². The molecular weight excluding hydrogens is 212 g/mol. The van der Waals surface area contributed by atoms with E-state index in [1.165, 1.54) is 0 Å². The summed E-state index contributed by atoms with van der Waals surface area (Å²) < 4.78 is 0. The van der Waals surface area contributed by atoms with Crippen LogP contribution in [-0.2, 0) is 0 Å². The van der Waals surface area contributed by atoms with Crippen LogP contribution in [-0.4, -0.2) is 28.0 Å². The maximum atomic E-state index is 10.6. The van der Waals surface area contributed by atoms with E-state index in [-0.39, 0.29) is 23.3 Å². The van der Waals surface area contributed by atoms with Gasteiger partial charge in [-0.3, -0.25) is 4.99 Å². The maximum Gasteiger partial charge on any atom is 0.128 e. The second-order valence-corrected chi connectivity index (χ2v) is 5.70. The van der Waals surface area contributed by atoms with Crippen molar-refractivity contribution in [2.24, 2.45) is 22.6 Å². The van der Waals surface area contributed by atoms with Crippen LogP contribution < -0.4 is 5.73 Å². The minimum atomic E-state index is -0.901. The Hall–Kier alpha value is -0.280. The smallest absolute Gasteiger partial charge is 0.128 e. The summed E-state index contributed by atoms with van der Waals surface area (Å²) in [6.45, 7) is 4.00. The van der Waals surface area contributed by atoms with Gasteiger partial charge in [0, 0.05) is 11.3 Å². The van der Waals surface area contributed by atoms with Crippen LogP contribution in [0.5, 0.6) is 0 Å². The molecule has 1 aliphatic heterocycles. The second kappa shape index (κ2) is 3.63. The molecule has 3 nitrogen and oxygen atoms in total. The molecule has 4 heteroatoms. The summed E-state index contributed by atoms with van der Waals surface area (Å²) in [7, 11) is 0. The Morgan fingerprint density at radius 1 is 1.53 bits per heavy atom. The van der Waals surface area contributed by atoms with E-state index < -0.39 is 5.60 Å². The van der Waals surface area contributed by atoms with Gasteiger partial charge in [-0.05, 0) is 25.2 Å². The number of hydrogen-bond donors (Lipinski definition) is 2. The Balaban J connectivity index is 2.26. The Morgan fingerprint density at radius 3 is 2.80 bits per heavy atom.